The van der Waals surface area contributed by atoms with Crippen LogP contribution in [0, 0.1) is 0 Å². The Hall–Kier alpha value is -1.10. The molecule has 0 aromatic carbocycles. The lowest BCUT2D eigenvalue weighted by Gasteiger charge is -2.37. The van der Waals surface area contributed by atoms with E-state index < -0.39 is 5.54 Å². The van der Waals surface area contributed by atoms with Gasteiger partial charge in [0.25, 0.3) is 5.91 Å². The molecule has 0 bridgehead atoms. The molecule has 5 nitrogen and oxygen atoms in total. The molecule has 94 valence electrons. The molecule has 2 aliphatic heterocycles. The number of nitrogens with zero attached hydrogens (tertiary/aromatic N) is 1. The maximum absolute atomic E-state index is 12.1. The van der Waals surface area contributed by atoms with E-state index in [2.05, 4.69) is 5.32 Å². The molecule has 1 atom stereocenters. The van der Waals surface area contributed by atoms with Gasteiger partial charge in [-0.05, 0) is 39.5 Å². The van der Waals surface area contributed by atoms with Crippen molar-refractivity contribution in [2.45, 2.75) is 56.7 Å². The minimum Gasteiger partial charge on any atom is -0.373 e. The molecule has 1 unspecified atom stereocenters. The lowest BCUT2D eigenvalue weighted by atomic mass is 9.77. The molecule has 1 spiro atoms. The molecular weight excluding hydrogens is 220 g/mol. The lowest BCUT2D eigenvalue weighted by molar-refractivity contribution is -0.131. The van der Waals surface area contributed by atoms with Gasteiger partial charge in [0.1, 0.15) is 5.54 Å². The van der Waals surface area contributed by atoms with Gasteiger partial charge in [-0.2, -0.15) is 0 Å². The largest absolute Gasteiger partial charge is 0.373 e. The van der Waals surface area contributed by atoms with Crippen LogP contribution in [0.15, 0.2) is 0 Å². The van der Waals surface area contributed by atoms with Crippen molar-refractivity contribution in [3.05, 3.63) is 0 Å². The van der Waals surface area contributed by atoms with E-state index in [1.807, 2.05) is 0 Å². The quantitative estimate of drug-likeness (QED) is 0.694. The highest BCUT2D eigenvalue weighted by Gasteiger charge is 2.53. The molecule has 17 heavy (non-hydrogen) atoms. The molecular formula is C12H18N2O3. The van der Waals surface area contributed by atoms with Gasteiger partial charge in [0.2, 0.25) is 0 Å². The molecule has 3 amide bonds. The molecule has 3 aliphatic rings. The summed E-state index contributed by atoms with van der Waals surface area (Å²) in [7, 11) is 0. The zero-order valence-corrected chi connectivity index (χ0v) is 10.3. The number of carbonyl (C=O) groups excluding carboxylic acids is 2. The van der Waals surface area contributed by atoms with Crippen molar-refractivity contribution in [2.24, 2.45) is 0 Å². The summed E-state index contributed by atoms with van der Waals surface area (Å²) in [5.41, 5.74) is -0.801. The van der Waals surface area contributed by atoms with Crippen molar-refractivity contribution in [3.8, 4) is 0 Å². The predicted octanol–water partition coefficient (Wildman–Crippen LogP) is 1.03. The van der Waals surface area contributed by atoms with Crippen molar-refractivity contribution in [1.82, 2.24) is 10.2 Å². The van der Waals surface area contributed by atoms with E-state index >= 15 is 0 Å². The number of rotatable bonds is 1. The van der Waals surface area contributed by atoms with Crippen LogP contribution in [-0.4, -0.2) is 40.6 Å². The van der Waals surface area contributed by atoms with Gasteiger partial charge >= 0.3 is 6.03 Å². The number of urea groups is 1. The third-order valence-corrected chi connectivity index (χ3v) is 4.21. The van der Waals surface area contributed by atoms with Gasteiger partial charge in [-0.1, -0.05) is 0 Å². The first-order chi connectivity index (χ1) is 7.94. The fourth-order valence-electron chi connectivity index (χ4n) is 3.01. The molecule has 0 aromatic rings. The van der Waals surface area contributed by atoms with Gasteiger partial charge < -0.3 is 10.1 Å². The highest BCUT2D eigenvalue weighted by Crippen LogP contribution is 2.45. The molecule has 1 saturated carbocycles. The third-order valence-electron chi connectivity index (χ3n) is 4.21. The first kappa shape index (κ1) is 11.0. The fraction of sp³-hybridized carbons (Fsp3) is 0.833. The maximum atomic E-state index is 12.1. The van der Waals surface area contributed by atoms with Gasteiger partial charge in [-0.25, -0.2) is 4.79 Å². The standard InChI is InChI=1S/C12H18N2O3/c1-11(2)9(15)14(10(16)13-11)8-6-12(17-7-8)4-3-5-12/h8H,3-7H2,1-2H3,(H,13,16). The predicted molar refractivity (Wildman–Crippen MR) is 60.4 cm³/mol. The van der Waals surface area contributed by atoms with E-state index in [9.17, 15) is 9.59 Å². The lowest BCUT2D eigenvalue weighted by Crippen LogP contribution is -2.44. The normalized spacial score (nSPS) is 34.0. The molecule has 2 saturated heterocycles. The van der Waals surface area contributed by atoms with Crippen LogP contribution < -0.4 is 5.32 Å². The van der Waals surface area contributed by atoms with Crippen LogP contribution >= 0.6 is 0 Å². The van der Waals surface area contributed by atoms with Crippen molar-refractivity contribution in [3.63, 3.8) is 0 Å². The average molecular weight is 238 g/mol. The van der Waals surface area contributed by atoms with Crippen LogP contribution in [0.3, 0.4) is 0 Å². The minimum atomic E-state index is -0.771. The Balaban J connectivity index is 1.77. The molecule has 3 rings (SSSR count). The van der Waals surface area contributed by atoms with Crippen molar-refractivity contribution >= 4 is 11.9 Å². The van der Waals surface area contributed by atoms with Crippen molar-refractivity contribution < 1.29 is 14.3 Å². The summed E-state index contributed by atoms with van der Waals surface area (Å²) in [6.07, 6.45) is 4.13. The van der Waals surface area contributed by atoms with E-state index in [1.165, 1.54) is 11.3 Å². The van der Waals surface area contributed by atoms with Gasteiger partial charge in [-0.15, -0.1) is 0 Å². The Bertz CT molecular complexity index is 387. The number of amides is 3. The summed E-state index contributed by atoms with van der Waals surface area (Å²) in [5.74, 6) is -0.132. The summed E-state index contributed by atoms with van der Waals surface area (Å²) in [6.45, 7) is 3.97. The molecule has 0 radical (unpaired) electrons. The summed E-state index contributed by atoms with van der Waals surface area (Å²) in [6, 6.07) is -0.352. The molecule has 1 N–H and O–H groups in total. The maximum Gasteiger partial charge on any atom is 0.325 e. The Kier molecular flexibility index (Phi) is 2.09. The van der Waals surface area contributed by atoms with E-state index in [1.54, 1.807) is 13.8 Å². The highest BCUT2D eigenvalue weighted by atomic mass is 16.5. The number of carbonyl (C=O) groups is 2. The number of imide groups is 1. The van der Waals surface area contributed by atoms with Crippen molar-refractivity contribution in [1.29, 1.82) is 0 Å². The van der Waals surface area contributed by atoms with Gasteiger partial charge in [0.15, 0.2) is 0 Å². The second-order valence-corrected chi connectivity index (χ2v) is 5.94. The SMILES string of the molecule is CC1(C)NC(=O)N(C2COC3(CCC3)C2)C1=O. The molecule has 0 aromatic heterocycles. The number of nitrogens with one attached hydrogen (secondary N) is 1. The second kappa shape index (κ2) is 3.22. The van der Waals surface area contributed by atoms with E-state index in [4.69, 9.17) is 4.74 Å². The Morgan fingerprint density at radius 1 is 1.35 bits per heavy atom. The Morgan fingerprint density at radius 3 is 2.47 bits per heavy atom. The number of hydrogen-bond donors (Lipinski definition) is 1. The minimum absolute atomic E-state index is 0.0298. The molecule has 3 fully saturated rings. The van der Waals surface area contributed by atoms with E-state index in [0.29, 0.717) is 6.61 Å². The van der Waals surface area contributed by atoms with Crippen LogP contribution in [0.4, 0.5) is 4.79 Å². The smallest absolute Gasteiger partial charge is 0.325 e. The van der Waals surface area contributed by atoms with E-state index in [-0.39, 0.29) is 23.6 Å². The zero-order chi connectivity index (χ0) is 12.3. The summed E-state index contributed by atoms with van der Waals surface area (Å²) < 4.78 is 5.79. The third kappa shape index (κ3) is 1.48. The van der Waals surface area contributed by atoms with Gasteiger partial charge in [0.05, 0.1) is 18.2 Å². The first-order valence-electron chi connectivity index (χ1n) is 6.23. The zero-order valence-electron chi connectivity index (χ0n) is 10.3. The second-order valence-electron chi connectivity index (χ2n) is 5.94. The van der Waals surface area contributed by atoms with Gasteiger partial charge in [-0.3, -0.25) is 9.69 Å². The Labute approximate surface area is 100 Å². The van der Waals surface area contributed by atoms with Crippen LogP contribution in [-0.2, 0) is 9.53 Å². The van der Waals surface area contributed by atoms with Crippen LogP contribution in [0.5, 0.6) is 0 Å². The Morgan fingerprint density at radius 2 is 2.06 bits per heavy atom. The molecule has 5 heteroatoms. The molecule has 1 aliphatic carbocycles. The topological polar surface area (TPSA) is 58.6 Å². The number of hydrogen-bond acceptors (Lipinski definition) is 3. The van der Waals surface area contributed by atoms with Crippen LogP contribution in [0.1, 0.15) is 39.5 Å². The van der Waals surface area contributed by atoms with Gasteiger partial charge in [0, 0.05) is 0 Å². The molecule has 2 heterocycles. The highest BCUT2D eigenvalue weighted by molar-refractivity contribution is 6.06. The summed E-state index contributed by atoms with van der Waals surface area (Å²) in [4.78, 5) is 25.3. The number of ether oxygens (including phenoxy) is 1. The van der Waals surface area contributed by atoms with Crippen LogP contribution in [0.2, 0.25) is 0 Å². The fourth-order valence-corrected chi connectivity index (χ4v) is 3.01. The average Bonchev–Trinajstić information content (AvgIpc) is 2.68. The van der Waals surface area contributed by atoms with Crippen LogP contribution in [0.25, 0.3) is 0 Å². The van der Waals surface area contributed by atoms with E-state index in [0.717, 1.165) is 19.3 Å². The monoisotopic (exact) mass is 238 g/mol. The summed E-state index contributed by atoms with van der Waals surface area (Å²) in [5, 5.41) is 2.72. The first-order valence-corrected chi connectivity index (χ1v) is 6.23. The van der Waals surface area contributed by atoms with Crippen molar-refractivity contribution in [2.75, 3.05) is 6.61 Å². The summed E-state index contributed by atoms with van der Waals surface area (Å²) >= 11 is 0.